The highest BCUT2D eigenvalue weighted by Gasteiger charge is 2.44. The Labute approximate surface area is 141 Å². The summed E-state index contributed by atoms with van der Waals surface area (Å²) in [5.74, 6) is -3.52. The van der Waals surface area contributed by atoms with Crippen LogP contribution < -0.4 is 0 Å². The van der Waals surface area contributed by atoms with Gasteiger partial charge in [0.1, 0.15) is 0 Å². The van der Waals surface area contributed by atoms with Gasteiger partial charge in [-0.05, 0) is 29.5 Å². The van der Waals surface area contributed by atoms with Gasteiger partial charge in [-0.2, -0.15) is 13.2 Å². The van der Waals surface area contributed by atoms with Crippen LogP contribution >= 0.6 is 11.3 Å². The van der Waals surface area contributed by atoms with E-state index in [2.05, 4.69) is 4.74 Å². The number of ether oxygens (including phenoxy) is 1. The molecule has 2 aromatic rings. The fourth-order valence-corrected chi connectivity index (χ4v) is 3.16. The van der Waals surface area contributed by atoms with Crippen molar-refractivity contribution in [1.82, 2.24) is 0 Å². The third-order valence-corrected chi connectivity index (χ3v) is 4.56. The summed E-state index contributed by atoms with van der Waals surface area (Å²) in [6, 6.07) is 7.28. The lowest BCUT2D eigenvalue weighted by atomic mass is 9.87. The second-order valence-electron chi connectivity index (χ2n) is 5.23. The Morgan fingerprint density at radius 3 is 2.46 bits per heavy atom. The van der Waals surface area contributed by atoms with E-state index in [0.717, 1.165) is 18.4 Å². The highest BCUT2D eigenvalue weighted by Crippen LogP contribution is 2.40. The number of carbonyl (C=O) groups is 2. The monoisotopic (exact) mass is 356 g/mol. The first-order valence-electron chi connectivity index (χ1n) is 7.07. The molecule has 1 atom stereocenters. The van der Waals surface area contributed by atoms with Crippen LogP contribution in [0.3, 0.4) is 0 Å². The number of esters is 1. The van der Waals surface area contributed by atoms with E-state index in [0.29, 0.717) is 5.56 Å². The van der Waals surface area contributed by atoms with Crippen molar-refractivity contribution < 1.29 is 27.5 Å². The number of thiophene rings is 1. The van der Waals surface area contributed by atoms with Crippen LogP contribution in [-0.4, -0.2) is 25.0 Å². The summed E-state index contributed by atoms with van der Waals surface area (Å²) >= 11 is 1.09. The van der Waals surface area contributed by atoms with Gasteiger partial charge in [-0.15, -0.1) is 11.3 Å². The molecule has 0 aliphatic rings. The number of rotatable bonds is 5. The van der Waals surface area contributed by atoms with Crippen LogP contribution in [0, 0.1) is 6.92 Å². The van der Waals surface area contributed by atoms with Crippen LogP contribution in [0.25, 0.3) is 0 Å². The van der Waals surface area contributed by atoms with Crippen LogP contribution in [0.1, 0.15) is 43.5 Å². The number of aryl methyl sites for hydroxylation is 1. The van der Waals surface area contributed by atoms with Crippen molar-refractivity contribution in [2.24, 2.45) is 0 Å². The van der Waals surface area contributed by atoms with Crippen molar-refractivity contribution in [2.75, 3.05) is 7.11 Å². The number of hydrogen-bond donors (Lipinski definition) is 0. The molecule has 1 heterocycles. The first kappa shape index (κ1) is 18.2. The van der Waals surface area contributed by atoms with Crippen molar-refractivity contribution in [3.8, 4) is 0 Å². The highest BCUT2D eigenvalue weighted by molar-refractivity contribution is 7.12. The van der Waals surface area contributed by atoms with Crippen LogP contribution in [0.5, 0.6) is 0 Å². The van der Waals surface area contributed by atoms with E-state index in [1.807, 2.05) is 0 Å². The fourth-order valence-electron chi connectivity index (χ4n) is 2.49. The average Bonchev–Trinajstić information content (AvgIpc) is 3.04. The van der Waals surface area contributed by atoms with E-state index in [1.165, 1.54) is 31.2 Å². The molecule has 0 saturated carbocycles. The minimum atomic E-state index is -4.66. The first-order valence-corrected chi connectivity index (χ1v) is 7.95. The van der Waals surface area contributed by atoms with E-state index < -0.39 is 30.3 Å². The van der Waals surface area contributed by atoms with Crippen molar-refractivity contribution in [1.29, 1.82) is 0 Å². The molecule has 0 fully saturated rings. The Bertz CT molecular complexity index is 736. The van der Waals surface area contributed by atoms with Crippen LogP contribution in [-0.2, 0) is 4.74 Å². The van der Waals surface area contributed by atoms with Gasteiger partial charge < -0.3 is 4.74 Å². The summed E-state index contributed by atoms with van der Waals surface area (Å²) in [5, 5.41) is 1.63. The van der Waals surface area contributed by atoms with E-state index >= 15 is 0 Å². The quantitative estimate of drug-likeness (QED) is 0.573. The van der Waals surface area contributed by atoms with Gasteiger partial charge in [0.05, 0.1) is 23.5 Å². The predicted octanol–water partition coefficient (Wildman–Crippen LogP) is 4.76. The molecule has 1 aromatic heterocycles. The molecule has 7 heteroatoms. The van der Waals surface area contributed by atoms with Crippen molar-refractivity contribution in [2.45, 2.75) is 25.4 Å². The lowest BCUT2D eigenvalue weighted by Crippen LogP contribution is -2.26. The summed E-state index contributed by atoms with van der Waals surface area (Å²) in [6.45, 7) is 1.53. The number of hydrogen-bond acceptors (Lipinski definition) is 4. The first-order chi connectivity index (χ1) is 11.3. The van der Waals surface area contributed by atoms with Crippen LogP contribution in [0.4, 0.5) is 13.2 Å². The lowest BCUT2D eigenvalue weighted by Gasteiger charge is -2.22. The number of ketones is 1. The number of alkyl halides is 3. The summed E-state index contributed by atoms with van der Waals surface area (Å²) in [4.78, 5) is 24.4. The lowest BCUT2D eigenvalue weighted by molar-refractivity contribution is -0.149. The molecule has 0 unspecified atom stereocenters. The highest BCUT2D eigenvalue weighted by atomic mass is 32.1. The molecule has 0 aliphatic heterocycles. The average molecular weight is 356 g/mol. The molecule has 24 heavy (non-hydrogen) atoms. The molecule has 0 bridgehead atoms. The van der Waals surface area contributed by atoms with E-state index in [4.69, 9.17) is 0 Å². The Kier molecular flexibility index (Phi) is 5.43. The molecule has 3 nitrogen and oxygen atoms in total. The number of methoxy groups -OCH3 is 1. The SMILES string of the molecule is COC(=O)c1c(C)cccc1[C@@H](CC(=O)c1cccs1)C(F)(F)F. The second-order valence-corrected chi connectivity index (χ2v) is 6.18. The normalized spacial score (nSPS) is 12.7. The second kappa shape index (κ2) is 7.17. The smallest absolute Gasteiger partial charge is 0.396 e. The largest absolute Gasteiger partial charge is 0.465 e. The van der Waals surface area contributed by atoms with Gasteiger partial charge in [-0.1, -0.05) is 24.3 Å². The van der Waals surface area contributed by atoms with Gasteiger partial charge in [0.2, 0.25) is 0 Å². The topological polar surface area (TPSA) is 43.4 Å². The maximum atomic E-state index is 13.6. The van der Waals surface area contributed by atoms with Crippen molar-refractivity contribution >= 4 is 23.1 Å². The van der Waals surface area contributed by atoms with E-state index in [9.17, 15) is 22.8 Å². The Hall–Kier alpha value is -2.15. The maximum Gasteiger partial charge on any atom is 0.396 e. The molecule has 0 amide bonds. The van der Waals surface area contributed by atoms with Gasteiger partial charge in [0.25, 0.3) is 0 Å². The zero-order chi connectivity index (χ0) is 17.9. The molecule has 0 radical (unpaired) electrons. The Morgan fingerprint density at radius 2 is 1.92 bits per heavy atom. The van der Waals surface area contributed by atoms with Crippen LogP contribution in [0.2, 0.25) is 0 Å². The zero-order valence-electron chi connectivity index (χ0n) is 13.0. The molecule has 0 saturated heterocycles. The number of benzene rings is 1. The minimum absolute atomic E-state index is 0.138. The molecular formula is C17H15F3O3S. The Balaban J connectivity index is 2.48. The number of halogens is 3. The van der Waals surface area contributed by atoms with Gasteiger partial charge >= 0.3 is 12.1 Å². The van der Waals surface area contributed by atoms with Gasteiger partial charge in [0, 0.05) is 6.42 Å². The van der Waals surface area contributed by atoms with Crippen LogP contribution in [0.15, 0.2) is 35.7 Å². The molecule has 0 aliphatic carbocycles. The van der Waals surface area contributed by atoms with Gasteiger partial charge in [-0.3, -0.25) is 4.79 Å². The van der Waals surface area contributed by atoms with Crippen molar-refractivity contribution in [3.63, 3.8) is 0 Å². The summed E-state index contributed by atoms with van der Waals surface area (Å²) in [5.41, 5.74) is -0.00210. The summed E-state index contributed by atoms with van der Waals surface area (Å²) in [7, 11) is 1.11. The van der Waals surface area contributed by atoms with Crippen molar-refractivity contribution in [3.05, 3.63) is 57.3 Å². The molecular weight excluding hydrogens is 341 g/mol. The van der Waals surface area contributed by atoms with Gasteiger partial charge in [-0.25, -0.2) is 4.79 Å². The van der Waals surface area contributed by atoms with E-state index in [-0.39, 0.29) is 16.0 Å². The Morgan fingerprint density at radius 1 is 1.21 bits per heavy atom. The molecule has 0 spiro atoms. The predicted molar refractivity (Wildman–Crippen MR) is 84.6 cm³/mol. The maximum absolute atomic E-state index is 13.6. The number of carbonyl (C=O) groups excluding carboxylic acids is 2. The third kappa shape index (κ3) is 3.84. The zero-order valence-corrected chi connectivity index (χ0v) is 13.8. The number of Topliss-reactive ketones (excluding diaryl/α,β-unsaturated/α-hetero) is 1. The minimum Gasteiger partial charge on any atom is -0.465 e. The van der Waals surface area contributed by atoms with E-state index in [1.54, 1.807) is 11.4 Å². The molecule has 1 aromatic carbocycles. The standard InChI is InChI=1S/C17H15F3O3S/c1-10-5-3-6-11(15(10)16(22)23-2)12(17(18,19)20)9-13(21)14-7-4-8-24-14/h3-8,12H,9H2,1-2H3/t12-/m1/s1. The fraction of sp³-hybridized carbons (Fsp3) is 0.294. The summed E-state index contributed by atoms with van der Waals surface area (Å²) in [6.07, 6.45) is -5.42. The molecule has 128 valence electrons. The van der Waals surface area contributed by atoms with Gasteiger partial charge in [0.15, 0.2) is 5.78 Å². The summed E-state index contributed by atoms with van der Waals surface area (Å²) < 4.78 is 45.4. The third-order valence-electron chi connectivity index (χ3n) is 3.65. The molecule has 0 N–H and O–H groups in total. The molecule has 2 rings (SSSR count).